The first-order valence-corrected chi connectivity index (χ1v) is 10.9. The van der Waals surface area contributed by atoms with Gasteiger partial charge in [0.25, 0.3) is 11.5 Å². The third-order valence-corrected chi connectivity index (χ3v) is 5.57. The standard InChI is InChI=1S/C23H29N3O9/c1-13-12-26(23(31)25-19(13)28)21-18(34-10-9-32-2)16(27)17(35-21)20(29)24-15(22(30)33-3)11-14-7-5-4-6-8-14/h4-8,12,15-18,21,27H,9-11H2,1-3H3,(H,24,29)(H,25,28,31)/t15?,16?,17-,18-,21-/m0/s1. The van der Waals surface area contributed by atoms with E-state index in [2.05, 4.69) is 10.3 Å². The number of aliphatic hydroxyl groups excluding tert-OH is 1. The zero-order valence-electron chi connectivity index (χ0n) is 19.6. The fourth-order valence-electron chi connectivity index (χ4n) is 3.75. The minimum absolute atomic E-state index is 0.0440. The summed E-state index contributed by atoms with van der Waals surface area (Å²) >= 11 is 0. The molecule has 2 aromatic rings. The molecule has 1 aliphatic heterocycles. The van der Waals surface area contributed by atoms with Crippen LogP contribution in [0, 0.1) is 6.92 Å². The van der Waals surface area contributed by atoms with E-state index in [4.69, 9.17) is 18.9 Å². The van der Waals surface area contributed by atoms with E-state index < -0.39 is 53.7 Å². The van der Waals surface area contributed by atoms with Crippen LogP contribution in [0.3, 0.4) is 0 Å². The Labute approximate surface area is 200 Å². The van der Waals surface area contributed by atoms with Crippen molar-refractivity contribution in [2.24, 2.45) is 0 Å². The second-order valence-corrected chi connectivity index (χ2v) is 8.02. The molecule has 12 nitrogen and oxygen atoms in total. The van der Waals surface area contributed by atoms with Gasteiger partial charge in [0, 0.05) is 25.3 Å². The van der Waals surface area contributed by atoms with Crippen molar-refractivity contribution in [3.8, 4) is 0 Å². The molecule has 1 aliphatic rings. The van der Waals surface area contributed by atoms with Crippen LogP contribution in [0.1, 0.15) is 17.4 Å². The van der Waals surface area contributed by atoms with E-state index in [-0.39, 0.29) is 25.2 Å². The Morgan fingerprint density at radius 2 is 1.91 bits per heavy atom. The number of carbonyl (C=O) groups excluding carboxylic acids is 2. The summed E-state index contributed by atoms with van der Waals surface area (Å²) in [6.07, 6.45) is -3.93. The highest BCUT2D eigenvalue weighted by atomic mass is 16.6. The highest BCUT2D eigenvalue weighted by molar-refractivity contribution is 5.87. The van der Waals surface area contributed by atoms with Gasteiger partial charge >= 0.3 is 11.7 Å². The molecule has 1 amide bonds. The SMILES string of the molecule is COCCO[C@H]1C(O)[C@@H](C(=O)NC(Cc2ccccc2)C(=O)OC)O[C@@H]1n1cc(C)c(=O)[nH]c1=O. The van der Waals surface area contributed by atoms with E-state index >= 15 is 0 Å². The highest BCUT2D eigenvalue weighted by Crippen LogP contribution is 2.31. The van der Waals surface area contributed by atoms with Crippen molar-refractivity contribution in [3.05, 3.63) is 68.5 Å². The van der Waals surface area contributed by atoms with E-state index in [1.165, 1.54) is 27.3 Å². The van der Waals surface area contributed by atoms with Crippen molar-refractivity contribution in [2.75, 3.05) is 27.4 Å². The minimum Gasteiger partial charge on any atom is -0.467 e. The Balaban J connectivity index is 1.85. The van der Waals surface area contributed by atoms with Crippen LogP contribution in [0.15, 0.2) is 46.1 Å². The molecule has 2 unspecified atom stereocenters. The predicted octanol–water partition coefficient (Wildman–Crippen LogP) is -0.965. The number of H-pyrrole nitrogens is 1. The topological polar surface area (TPSA) is 158 Å². The Morgan fingerprint density at radius 3 is 2.57 bits per heavy atom. The van der Waals surface area contributed by atoms with Crippen molar-refractivity contribution < 1.29 is 33.6 Å². The van der Waals surface area contributed by atoms with E-state index in [0.717, 1.165) is 10.1 Å². The summed E-state index contributed by atoms with van der Waals surface area (Å²) in [7, 11) is 2.67. The Morgan fingerprint density at radius 1 is 1.20 bits per heavy atom. The van der Waals surface area contributed by atoms with E-state index in [1.54, 1.807) is 24.3 Å². The first-order valence-electron chi connectivity index (χ1n) is 10.9. The zero-order chi connectivity index (χ0) is 25.5. The number of aryl methyl sites for hydroxylation is 1. The van der Waals surface area contributed by atoms with Gasteiger partial charge in [-0.05, 0) is 12.5 Å². The summed E-state index contributed by atoms with van der Waals surface area (Å²) in [6.45, 7) is 1.73. The summed E-state index contributed by atoms with van der Waals surface area (Å²) in [5.74, 6) is -1.47. The summed E-state index contributed by atoms with van der Waals surface area (Å²) in [4.78, 5) is 51.8. The molecule has 35 heavy (non-hydrogen) atoms. The number of esters is 1. The Kier molecular flexibility index (Phi) is 8.93. The molecule has 0 bridgehead atoms. The Bertz CT molecular complexity index is 1130. The fourth-order valence-corrected chi connectivity index (χ4v) is 3.75. The van der Waals surface area contributed by atoms with Crippen molar-refractivity contribution >= 4 is 11.9 Å². The quantitative estimate of drug-likeness (QED) is 0.281. The molecule has 12 heteroatoms. The van der Waals surface area contributed by atoms with Gasteiger partial charge in [0.2, 0.25) is 0 Å². The normalized spacial score (nSPS) is 22.5. The lowest BCUT2D eigenvalue weighted by molar-refractivity contribution is -0.148. The predicted molar refractivity (Wildman–Crippen MR) is 122 cm³/mol. The molecule has 3 rings (SSSR count). The molecule has 1 aromatic heterocycles. The lowest BCUT2D eigenvalue weighted by Crippen LogP contribution is -2.50. The number of hydrogen-bond acceptors (Lipinski definition) is 9. The van der Waals surface area contributed by atoms with Crippen LogP contribution in [0.25, 0.3) is 0 Å². The van der Waals surface area contributed by atoms with Crippen LogP contribution in [0.5, 0.6) is 0 Å². The fraction of sp³-hybridized carbons (Fsp3) is 0.478. The van der Waals surface area contributed by atoms with Gasteiger partial charge < -0.3 is 29.4 Å². The van der Waals surface area contributed by atoms with Gasteiger partial charge in [-0.25, -0.2) is 9.59 Å². The van der Waals surface area contributed by atoms with Gasteiger partial charge in [-0.1, -0.05) is 30.3 Å². The van der Waals surface area contributed by atoms with Gasteiger partial charge in [-0.3, -0.25) is 19.1 Å². The van der Waals surface area contributed by atoms with Crippen LogP contribution in [0.2, 0.25) is 0 Å². The molecule has 0 aliphatic carbocycles. The molecule has 1 fully saturated rings. The van der Waals surface area contributed by atoms with Crippen molar-refractivity contribution in [2.45, 2.75) is 43.9 Å². The number of amides is 1. The summed E-state index contributed by atoms with van der Waals surface area (Å²) in [5.41, 5.74) is -0.363. The number of aromatic nitrogens is 2. The zero-order valence-corrected chi connectivity index (χ0v) is 19.6. The number of nitrogens with zero attached hydrogens (tertiary/aromatic N) is 1. The van der Waals surface area contributed by atoms with Gasteiger partial charge in [-0.15, -0.1) is 0 Å². The van der Waals surface area contributed by atoms with Gasteiger partial charge in [0.05, 0.1) is 20.3 Å². The second kappa shape index (κ2) is 11.9. The van der Waals surface area contributed by atoms with Crippen LogP contribution >= 0.6 is 0 Å². The number of aliphatic hydroxyl groups is 1. The number of methoxy groups -OCH3 is 2. The third-order valence-electron chi connectivity index (χ3n) is 5.57. The largest absolute Gasteiger partial charge is 0.467 e. The number of nitrogens with one attached hydrogen (secondary N) is 2. The van der Waals surface area contributed by atoms with Crippen LogP contribution in [-0.2, 0) is 35.0 Å². The number of carbonyl (C=O) groups is 2. The molecule has 3 N–H and O–H groups in total. The number of rotatable bonds is 10. The summed E-state index contributed by atoms with van der Waals surface area (Å²) in [6, 6.07) is 7.96. The van der Waals surface area contributed by atoms with Gasteiger partial charge in [-0.2, -0.15) is 0 Å². The first-order chi connectivity index (χ1) is 16.8. The second-order valence-electron chi connectivity index (χ2n) is 8.02. The number of aromatic amines is 1. The Hall–Kier alpha value is -3.32. The lowest BCUT2D eigenvalue weighted by Gasteiger charge is -2.22. The van der Waals surface area contributed by atoms with E-state index in [9.17, 15) is 24.3 Å². The molecular weight excluding hydrogens is 462 g/mol. The third kappa shape index (κ3) is 6.22. The van der Waals surface area contributed by atoms with Crippen molar-refractivity contribution in [3.63, 3.8) is 0 Å². The molecule has 1 saturated heterocycles. The minimum atomic E-state index is -1.49. The maximum Gasteiger partial charge on any atom is 0.330 e. The van der Waals surface area contributed by atoms with Crippen LogP contribution in [-0.4, -0.2) is 78.3 Å². The maximum absolute atomic E-state index is 13.1. The van der Waals surface area contributed by atoms with Gasteiger partial charge in [0.1, 0.15) is 18.2 Å². The summed E-state index contributed by atoms with van der Waals surface area (Å²) in [5, 5.41) is 13.5. The number of hydrogen-bond donors (Lipinski definition) is 3. The van der Waals surface area contributed by atoms with E-state index in [1.807, 2.05) is 6.07 Å². The van der Waals surface area contributed by atoms with Crippen molar-refractivity contribution in [1.29, 1.82) is 0 Å². The lowest BCUT2D eigenvalue weighted by atomic mass is 10.0. The number of ether oxygens (including phenoxy) is 4. The highest BCUT2D eigenvalue weighted by Gasteiger charge is 2.49. The maximum atomic E-state index is 13.1. The molecule has 5 atom stereocenters. The van der Waals surface area contributed by atoms with Gasteiger partial charge in [0.15, 0.2) is 12.3 Å². The number of benzene rings is 1. The smallest absolute Gasteiger partial charge is 0.330 e. The molecule has 0 spiro atoms. The molecule has 2 heterocycles. The molecular formula is C23H29N3O9. The van der Waals surface area contributed by atoms with E-state index in [0.29, 0.717) is 0 Å². The van der Waals surface area contributed by atoms with Crippen LogP contribution in [0.4, 0.5) is 0 Å². The first kappa shape index (κ1) is 26.3. The monoisotopic (exact) mass is 491 g/mol. The molecule has 1 aromatic carbocycles. The molecule has 190 valence electrons. The average Bonchev–Trinajstić information content (AvgIpc) is 3.17. The van der Waals surface area contributed by atoms with Crippen molar-refractivity contribution in [1.82, 2.24) is 14.9 Å². The summed E-state index contributed by atoms with van der Waals surface area (Å²) < 4.78 is 22.3. The average molecular weight is 491 g/mol. The molecule has 0 radical (unpaired) electrons. The molecule has 0 saturated carbocycles. The van der Waals surface area contributed by atoms with Crippen LogP contribution < -0.4 is 16.6 Å².